The van der Waals surface area contributed by atoms with Gasteiger partial charge in [-0.05, 0) is 18.1 Å². The third-order valence-corrected chi connectivity index (χ3v) is 2.86. The van der Waals surface area contributed by atoms with Gasteiger partial charge in [0.15, 0.2) is 11.6 Å². The van der Waals surface area contributed by atoms with Gasteiger partial charge in [-0.1, -0.05) is 25.1 Å². The molecule has 19 heavy (non-hydrogen) atoms. The van der Waals surface area contributed by atoms with Crippen LogP contribution < -0.4 is 10.5 Å². The number of halogens is 1. The molecule has 1 heterocycles. The fraction of sp³-hybridized carbons (Fsp3) is 0.385. The number of aromatic nitrogens is 2. The Balaban J connectivity index is 2.41. The van der Waals surface area contributed by atoms with Crippen molar-refractivity contribution >= 4 is 0 Å². The molecule has 0 aliphatic rings. The average Bonchev–Trinajstić information content (AvgIpc) is 2.86. The number of para-hydroxylation sites is 1. The quantitative estimate of drug-likeness (QED) is 0.919. The molecule has 1 aromatic carbocycles. The Labute approximate surface area is 110 Å². The molecule has 0 aliphatic heterocycles. The summed E-state index contributed by atoms with van der Waals surface area (Å²) >= 11 is 0. The summed E-state index contributed by atoms with van der Waals surface area (Å²) in [6.07, 6.45) is 0. The zero-order valence-electron chi connectivity index (χ0n) is 11.1. The minimum Gasteiger partial charge on any atom is -0.493 e. The van der Waals surface area contributed by atoms with Gasteiger partial charge in [0.25, 0.3) is 0 Å². The highest BCUT2D eigenvalue weighted by Gasteiger charge is 2.21. The van der Waals surface area contributed by atoms with Crippen molar-refractivity contribution in [2.24, 2.45) is 11.7 Å². The first-order valence-electron chi connectivity index (χ1n) is 5.96. The molecule has 2 aromatic rings. The van der Waals surface area contributed by atoms with Crippen molar-refractivity contribution in [2.75, 3.05) is 7.11 Å². The fourth-order valence-electron chi connectivity index (χ4n) is 1.66. The Hall–Kier alpha value is -1.95. The third-order valence-electron chi connectivity index (χ3n) is 2.86. The Bertz CT molecular complexity index is 569. The van der Waals surface area contributed by atoms with Crippen molar-refractivity contribution < 1.29 is 13.7 Å². The number of rotatable bonds is 4. The van der Waals surface area contributed by atoms with Crippen LogP contribution in [0.4, 0.5) is 4.39 Å². The molecule has 1 unspecified atom stereocenters. The van der Waals surface area contributed by atoms with E-state index >= 15 is 0 Å². The lowest BCUT2D eigenvalue weighted by atomic mass is 10.1. The molecular formula is C13H16FN3O2. The standard InChI is InChI=1S/C13H16FN3O2/c1-7(2)10(15)13-16-12(17-19-13)8-5-4-6-9(14)11(8)18-3/h4-7,10H,15H2,1-3H3. The van der Waals surface area contributed by atoms with Gasteiger partial charge in [0.2, 0.25) is 11.7 Å². The highest BCUT2D eigenvalue weighted by Crippen LogP contribution is 2.31. The summed E-state index contributed by atoms with van der Waals surface area (Å²) < 4.78 is 23.7. The Morgan fingerprint density at radius 3 is 2.74 bits per heavy atom. The van der Waals surface area contributed by atoms with E-state index in [4.69, 9.17) is 15.0 Å². The van der Waals surface area contributed by atoms with Crippen LogP contribution in [0.1, 0.15) is 25.8 Å². The van der Waals surface area contributed by atoms with Crippen molar-refractivity contribution in [3.05, 3.63) is 29.9 Å². The highest BCUT2D eigenvalue weighted by atomic mass is 19.1. The number of hydrogen-bond donors (Lipinski definition) is 1. The number of hydrogen-bond acceptors (Lipinski definition) is 5. The lowest BCUT2D eigenvalue weighted by Gasteiger charge is -2.09. The highest BCUT2D eigenvalue weighted by molar-refractivity contribution is 5.63. The molecular weight excluding hydrogens is 249 g/mol. The number of nitrogens with two attached hydrogens (primary N) is 1. The summed E-state index contributed by atoms with van der Waals surface area (Å²) in [5.41, 5.74) is 6.37. The molecule has 1 aromatic heterocycles. The van der Waals surface area contributed by atoms with E-state index < -0.39 is 5.82 Å². The predicted octanol–water partition coefficient (Wildman–Crippen LogP) is 2.54. The number of nitrogens with zero attached hydrogens (tertiary/aromatic N) is 2. The minimum absolute atomic E-state index is 0.0907. The monoisotopic (exact) mass is 265 g/mol. The minimum atomic E-state index is -0.473. The molecule has 2 rings (SSSR count). The van der Waals surface area contributed by atoms with E-state index in [1.165, 1.54) is 13.2 Å². The van der Waals surface area contributed by atoms with E-state index in [0.29, 0.717) is 11.5 Å². The van der Waals surface area contributed by atoms with E-state index in [0.717, 1.165) is 0 Å². The molecule has 0 amide bonds. The molecule has 1 atom stereocenters. The lowest BCUT2D eigenvalue weighted by Crippen LogP contribution is -2.16. The zero-order chi connectivity index (χ0) is 14.0. The maximum Gasteiger partial charge on any atom is 0.244 e. The second-order valence-corrected chi connectivity index (χ2v) is 4.55. The molecule has 102 valence electrons. The van der Waals surface area contributed by atoms with Gasteiger partial charge >= 0.3 is 0 Å². The lowest BCUT2D eigenvalue weighted by molar-refractivity contribution is 0.325. The molecule has 0 aliphatic carbocycles. The van der Waals surface area contributed by atoms with Gasteiger partial charge in [0.05, 0.1) is 18.7 Å². The molecule has 0 saturated carbocycles. The van der Waals surface area contributed by atoms with Gasteiger partial charge in [-0.3, -0.25) is 0 Å². The van der Waals surface area contributed by atoms with Gasteiger partial charge in [0, 0.05) is 0 Å². The topological polar surface area (TPSA) is 74.2 Å². The van der Waals surface area contributed by atoms with Crippen molar-refractivity contribution in [2.45, 2.75) is 19.9 Å². The second kappa shape index (κ2) is 5.36. The van der Waals surface area contributed by atoms with Crippen LogP contribution in [0.3, 0.4) is 0 Å². The number of methoxy groups -OCH3 is 1. The summed E-state index contributed by atoms with van der Waals surface area (Å²) in [4.78, 5) is 4.20. The predicted molar refractivity (Wildman–Crippen MR) is 68.0 cm³/mol. The van der Waals surface area contributed by atoms with E-state index in [1.807, 2.05) is 13.8 Å². The van der Waals surface area contributed by atoms with Crippen molar-refractivity contribution in [1.82, 2.24) is 10.1 Å². The van der Waals surface area contributed by atoms with E-state index in [2.05, 4.69) is 10.1 Å². The van der Waals surface area contributed by atoms with Crippen LogP contribution in [-0.2, 0) is 0 Å². The van der Waals surface area contributed by atoms with Crippen molar-refractivity contribution in [3.63, 3.8) is 0 Å². The molecule has 6 heteroatoms. The van der Waals surface area contributed by atoms with Crippen LogP contribution in [-0.4, -0.2) is 17.3 Å². The van der Waals surface area contributed by atoms with Gasteiger partial charge < -0.3 is 15.0 Å². The average molecular weight is 265 g/mol. The molecule has 0 spiro atoms. The van der Waals surface area contributed by atoms with Crippen LogP contribution in [0, 0.1) is 11.7 Å². The Morgan fingerprint density at radius 2 is 2.11 bits per heavy atom. The summed E-state index contributed by atoms with van der Waals surface area (Å²) in [7, 11) is 1.39. The molecule has 5 nitrogen and oxygen atoms in total. The van der Waals surface area contributed by atoms with Crippen molar-refractivity contribution in [3.8, 4) is 17.1 Å². The summed E-state index contributed by atoms with van der Waals surface area (Å²) in [6.45, 7) is 3.91. The first kappa shape index (κ1) is 13.5. The van der Waals surface area contributed by atoms with Gasteiger partial charge in [0.1, 0.15) is 0 Å². The molecule has 2 N–H and O–H groups in total. The van der Waals surface area contributed by atoms with E-state index in [1.54, 1.807) is 12.1 Å². The van der Waals surface area contributed by atoms with Gasteiger partial charge in [-0.2, -0.15) is 4.98 Å². The number of ether oxygens (including phenoxy) is 1. The van der Waals surface area contributed by atoms with E-state index in [-0.39, 0.29) is 23.5 Å². The zero-order valence-corrected chi connectivity index (χ0v) is 11.1. The van der Waals surface area contributed by atoms with Crippen LogP contribution in [0.5, 0.6) is 5.75 Å². The largest absolute Gasteiger partial charge is 0.493 e. The normalized spacial score (nSPS) is 12.7. The van der Waals surface area contributed by atoms with Crippen LogP contribution in [0.2, 0.25) is 0 Å². The molecule has 0 saturated heterocycles. The van der Waals surface area contributed by atoms with Crippen LogP contribution in [0.25, 0.3) is 11.4 Å². The second-order valence-electron chi connectivity index (χ2n) is 4.55. The van der Waals surface area contributed by atoms with Crippen molar-refractivity contribution in [1.29, 1.82) is 0 Å². The summed E-state index contributed by atoms with van der Waals surface area (Å²) in [5, 5.41) is 3.83. The van der Waals surface area contributed by atoms with Crippen LogP contribution in [0.15, 0.2) is 22.7 Å². The Kier molecular flexibility index (Phi) is 3.80. The summed E-state index contributed by atoms with van der Waals surface area (Å²) in [6, 6.07) is 4.19. The van der Waals surface area contributed by atoms with Gasteiger partial charge in [-0.15, -0.1) is 0 Å². The van der Waals surface area contributed by atoms with E-state index in [9.17, 15) is 4.39 Å². The Morgan fingerprint density at radius 1 is 1.37 bits per heavy atom. The number of benzene rings is 1. The van der Waals surface area contributed by atoms with Crippen LogP contribution >= 0.6 is 0 Å². The first-order valence-corrected chi connectivity index (χ1v) is 5.96. The fourth-order valence-corrected chi connectivity index (χ4v) is 1.66. The SMILES string of the molecule is COc1c(F)cccc1-c1noc(C(N)C(C)C)n1. The summed E-state index contributed by atoms with van der Waals surface area (Å²) in [5.74, 6) is 0.383. The first-order chi connectivity index (χ1) is 9.04. The maximum atomic E-state index is 13.6. The smallest absolute Gasteiger partial charge is 0.244 e. The molecule has 0 bridgehead atoms. The molecule has 0 radical (unpaired) electrons. The van der Waals surface area contributed by atoms with Gasteiger partial charge in [-0.25, -0.2) is 4.39 Å². The molecule has 0 fully saturated rings. The maximum absolute atomic E-state index is 13.6. The third kappa shape index (κ3) is 2.58.